The van der Waals surface area contributed by atoms with E-state index in [0.717, 1.165) is 36.3 Å². The molecule has 2 fully saturated rings. The summed E-state index contributed by atoms with van der Waals surface area (Å²) < 4.78 is 11.4. The number of nitrogens with zero attached hydrogens (tertiary/aromatic N) is 2. The minimum atomic E-state index is -0.713. The van der Waals surface area contributed by atoms with E-state index in [2.05, 4.69) is 4.90 Å². The maximum Gasteiger partial charge on any atom is 0.295 e. The monoisotopic (exact) mass is 560 g/mol. The van der Waals surface area contributed by atoms with Crippen molar-refractivity contribution in [1.82, 2.24) is 9.80 Å². The number of rotatable bonds is 9. The Bertz CT molecular complexity index is 1380. The number of aryl methyl sites for hydroxylation is 1. The molecule has 0 aliphatic carbocycles. The van der Waals surface area contributed by atoms with Crippen molar-refractivity contribution < 1.29 is 24.2 Å². The molecule has 1 atom stereocenters. The topological polar surface area (TPSA) is 79.3 Å². The fourth-order valence-electron chi connectivity index (χ4n) is 5.27. The van der Waals surface area contributed by atoms with E-state index in [1.54, 1.807) is 41.3 Å². The second-order valence-corrected chi connectivity index (χ2v) is 10.5. The number of amides is 1. The molecule has 7 nitrogen and oxygen atoms in total. The lowest BCUT2D eigenvalue weighted by atomic mass is 9.94. The van der Waals surface area contributed by atoms with E-state index in [4.69, 9.17) is 21.1 Å². The number of likely N-dealkylation sites (tertiary alicyclic amines) is 1. The number of ether oxygens (including phenoxy) is 2. The lowest BCUT2D eigenvalue weighted by molar-refractivity contribution is -0.140. The number of hydrogen-bond donors (Lipinski definition) is 1. The summed E-state index contributed by atoms with van der Waals surface area (Å²) in [7, 11) is 0. The van der Waals surface area contributed by atoms with Crippen LogP contribution in [-0.2, 0) is 20.9 Å². The third kappa shape index (κ3) is 6.22. The Balaban J connectivity index is 1.42. The van der Waals surface area contributed by atoms with Gasteiger partial charge in [0.1, 0.15) is 18.1 Å². The Labute approximate surface area is 239 Å². The number of Topliss-reactive ketones (excluding diaryl/α,β-unsaturated/α-hetero) is 1. The zero-order valence-corrected chi connectivity index (χ0v) is 23.3. The van der Waals surface area contributed by atoms with Crippen LogP contribution in [0.5, 0.6) is 5.75 Å². The predicted octanol–water partition coefficient (Wildman–Crippen LogP) is 5.37. The van der Waals surface area contributed by atoms with Crippen LogP contribution in [0.25, 0.3) is 5.76 Å². The number of carbonyl (C=O) groups is 2. The lowest BCUT2D eigenvalue weighted by Gasteiger charge is -2.29. The van der Waals surface area contributed by atoms with Gasteiger partial charge < -0.3 is 19.5 Å². The molecular weight excluding hydrogens is 528 g/mol. The molecule has 40 heavy (non-hydrogen) atoms. The van der Waals surface area contributed by atoms with Gasteiger partial charge >= 0.3 is 0 Å². The average molecular weight is 561 g/mol. The van der Waals surface area contributed by atoms with Gasteiger partial charge in [-0.1, -0.05) is 54.1 Å². The molecule has 0 aromatic heterocycles. The molecule has 3 aromatic carbocycles. The smallest absolute Gasteiger partial charge is 0.295 e. The highest BCUT2D eigenvalue weighted by Crippen LogP contribution is 2.40. The van der Waals surface area contributed by atoms with Crippen molar-refractivity contribution in [2.75, 3.05) is 39.4 Å². The highest BCUT2D eigenvalue weighted by molar-refractivity contribution is 6.46. The average Bonchev–Trinajstić information content (AvgIpc) is 3.22. The molecule has 5 rings (SSSR count). The lowest BCUT2D eigenvalue weighted by Crippen LogP contribution is -2.38. The SMILES string of the molecule is Cc1cc(OCc2ccccc2)ccc1C(O)=C1C(=O)C(=O)N(CCCN2CCOCC2)C1c1ccc(Cl)cc1. The van der Waals surface area contributed by atoms with Crippen LogP contribution in [0, 0.1) is 6.92 Å². The van der Waals surface area contributed by atoms with E-state index in [1.807, 2.05) is 43.3 Å². The molecular formula is C32H33ClN2O5. The largest absolute Gasteiger partial charge is 0.507 e. The molecule has 0 radical (unpaired) electrons. The van der Waals surface area contributed by atoms with Gasteiger partial charge in [0.15, 0.2) is 0 Å². The van der Waals surface area contributed by atoms with Gasteiger partial charge in [-0.05, 0) is 60.4 Å². The van der Waals surface area contributed by atoms with Crippen molar-refractivity contribution in [1.29, 1.82) is 0 Å². The third-order valence-electron chi connectivity index (χ3n) is 7.40. The standard InChI is InChI=1S/C32H33ClN2O5/c1-22-20-26(40-21-23-6-3-2-4-7-23)12-13-27(22)30(36)28-29(24-8-10-25(33)11-9-24)35(32(38)31(28)37)15-5-14-34-16-18-39-19-17-34/h2-4,6-13,20,29,36H,5,14-19,21H2,1H3. The Morgan fingerprint density at radius 1 is 1.00 bits per heavy atom. The molecule has 1 unspecified atom stereocenters. The van der Waals surface area contributed by atoms with Gasteiger partial charge in [-0.3, -0.25) is 14.5 Å². The second kappa shape index (κ2) is 12.7. The molecule has 8 heteroatoms. The van der Waals surface area contributed by atoms with Crippen LogP contribution in [0.15, 0.2) is 78.4 Å². The highest BCUT2D eigenvalue weighted by atomic mass is 35.5. The van der Waals surface area contributed by atoms with Gasteiger partial charge in [0.05, 0.1) is 24.8 Å². The molecule has 2 aliphatic rings. The van der Waals surface area contributed by atoms with E-state index in [9.17, 15) is 14.7 Å². The molecule has 0 spiro atoms. The van der Waals surface area contributed by atoms with Gasteiger partial charge in [0.2, 0.25) is 0 Å². The summed E-state index contributed by atoms with van der Waals surface area (Å²) in [6, 6.07) is 21.5. The normalized spacial score (nSPS) is 19.2. The van der Waals surface area contributed by atoms with Gasteiger partial charge in [-0.25, -0.2) is 0 Å². The molecule has 2 saturated heterocycles. The fraction of sp³-hybridized carbons (Fsp3) is 0.312. The minimum absolute atomic E-state index is 0.0831. The van der Waals surface area contributed by atoms with Gasteiger partial charge in [0, 0.05) is 36.8 Å². The summed E-state index contributed by atoms with van der Waals surface area (Å²) in [5.41, 5.74) is 3.06. The summed E-state index contributed by atoms with van der Waals surface area (Å²) >= 11 is 6.14. The Morgan fingerprint density at radius 3 is 2.42 bits per heavy atom. The van der Waals surface area contributed by atoms with Crippen molar-refractivity contribution in [2.45, 2.75) is 26.0 Å². The zero-order chi connectivity index (χ0) is 28.1. The third-order valence-corrected chi connectivity index (χ3v) is 7.66. The summed E-state index contributed by atoms with van der Waals surface area (Å²) in [5, 5.41) is 12.1. The van der Waals surface area contributed by atoms with Crippen molar-refractivity contribution in [3.8, 4) is 5.75 Å². The number of benzene rings is 3. The van der Waals surface area contributed by atoms with E-state index in [0.29, 0.717) is 49.1 Å². The number of carbonyl (C=O) groups excluding carboxylic acids is 2. The quantitative estimate of drug-likeness (QED) is 0.215. The molecule has 2 aliphatic heterocycles. The van der Waals surface area contributed by atoms with Crippen molar-refractivity contribution in [2.24, 2.45) is 0 Å². The molecule has 1 amide bonds. The van der Waals surface area contributed by atoms with Crippen LogP contribution in [-0.4, -0.2) is 66.0 Å². The van der Waals surface area contributed by atoms with Crippen molar-refractivity contribution in [3.63, 3.8) is 0 Å². The first-order valence-electron chi connectivity index (χ1n) is 13.5. The summed E-state index contributed by atoms with van der Waals surface area (Å²) in [4.78, 5) is 30.6. The number of aliphatic hydroxyl groups is 1. The van der Waals surface area contributed by atoms with E-state index >= 15 is 0 Å². The fourth-order valence-corrected chi connectivity index (χ4v) is 5.40. The molecule has 0 bridgehead atoms. The van der Waals surface area contributed by atoms with Gasteiger partial charge in [0.25, 0.3) is 11.7 Å². The number of ketones is 1. The van der Waals surface area contributed by atoms with Crippen LogP contribution in [0.2, 0.25) is 5.02 Å². The Kier molecular flexibility index (Phi) is 8.85. The molecule has 3 aromatic rings. The molecule has 0 saturated carbocycles. The Hall–Kier alpha value is -3.65. The molecule has 2 heterocycles. The van der Waals surface area contributed by atoms with Gasteiger partial charge in [-0.15, -0.1) is 0 Å². The van der Waals surface area contributed by atoms with E-state index in [1.165, 1.54) is 0 Å². The first kappa shape index (κ1) is 27.9. The highest BCUT2D eigenvalue weighted by Gasteiger charge is 2.46. The van der Waals surface area contributed by atoms with E-state index < -0.39 is 17.7 Å². The van der Waals surface area contributed by atoms with Crippen molar-refractivity contribution in [3.05, 3.63) is 106 Å². The summed E-state index contributed by atoms with van der Waals surface area (Å²) in [5.74, 6) is -0.839. The zero-order valence-electron chi connectivity index (χ0n) is 22.5. The number of hydrogen-bond acceptors (Lipinski definition) is 6. The Morgan fingerprint density at radius 2 is 1.73 bits per heavy atom. The predicted molar refractivity (Wildman–Crippen MR) is 154 cm³/mol. The van der Waals surface area contributed by atoms with Crippen molar-refractivity contribution >= 4 is 29.1 Å². The number of halogens is 1. The summed E-state index contributed by atoms with van der Waals surface area (Å²) in [6.07, 6.45) is 0.698. The first-order valence-corrected chi connectivity index (χ1v) is 13.9. The first-order chi connectivity index (χ1) is 19.4. The second-order valence-electron chi connectivity index (χ2n) is 10.1. The summed E-state index contributed by atoms with van der Waals surface area (Å²) in [6.45, 7) is 6.54. The molecule has 1 N–H and O–H groups in total. The van der Waals surface area contributed by atoms with Crippen LogP contribution >= 0.6 is 11.6 Å². The maximum atomic E-state index is 13.4. The number of morpholine rings is 1. The molecule has 208 valence electrons. The van der Waals surface area contributed by atoms with Crippen LogP contribution in [0.1, 0.15) is 34.7 Å². The van der Waals surface area contributed by atoms with Gasteiger partial charge in [-0.2, -0.15) is 0 Å². The minimum Gasteiger partial charge on any atom is -0.507 e. The maximum absolute atomic E-state index is 13.4. The van der Waals surface area contributed by atoms with Crippen LogP contribution in [0.4, 0.5) is 0 Å². The number of aliphatic hydroxyl groups excluding tert-OH is 1. The van der Waals surface area contributed by atoms with E-state index in [-0.39, 0.29) is 11.3 Å². The van der Waals surface area contributed by atoms with Crippen LogP contribution < -0.4 is 4.74 Å². The van der Waals surface area contributed by atoms with Crippen LogP contribution in [0.3, 0.4) is 0 Å².